The van der Waals surface area contributed by atoms with Crippen LogP contribution in [-0.2, 0) is 0 Å². The van der Waals surface area contributed by atoms with Gasteiger partial charge < -0.3 is 15.4 Å². The summed E-state index contributed by atoms with van der Waals surface area (Å²) in [6.45, 7) is 12.3. The zero-order valence-electron chi connectivity index (χ0n) is 14.9. The summed E-state index contributed by atoms with van der Waals surface area (Å²) in [7, 11) is 0. The van der Waals surface area contributed by atoms with Crippen LogP contribution in [0.25, 0.3) is 0 Å². The average molecular weight is 312 g/mol. The van der Waals surface area contributed by atoms with Crippen molar-refractivity contribution >= 4 is 11.4 Å². The number of hydrogen-bond donors (Lipinski definition) is 2. The first-order valence-corrected chi connectivity index (χ1v) is 8.28. The highest BCUT2D eigenvalue weighted by atomic mass is 16.5. The Bertz CT molecular complexity index is 610. The predicted molar refractivity (Wildman–Crippen MR) is 99.8 cm³/mol. The predicted octanol–water partition coefficient (Wildman–Crippen LogP) is 4.92. The summed E-state index contributed by atoms with van der Waals surface area (Å²) in [5.41, 5.74) is 6.28. The minimum Gasteiger partial charge on any atom is -0.491 e. The standard InChI is InChI=1S/C20H28N2O/c1-14(2)23-19-8-6-18(7-9-19)21-10-11-22-20-16(4)12-15(3)13-17(20)5/h6-9,12-14,21-22H,10-11H2,1-5H3. The van der Waals surface area contributed by atoms with E-state index in [2.05, 4.69) is 55.7 Å². The normalized spacial score (nSPS) is 10.7. The third-order valence-corrected chi connectivity index (χ3v) is 3.66. The number of hydrogen-bond acceptors (Lipinski definition) is 3. The van der Waals surface area contributed by atoms with Gasteiger partial charge in [-0.1, -0.05) is 17.7 Å². The smallest absolute Gasteiger partial charge is 0.119 e. The van der Waals surface area contributed by atoms with Crippen LogP contribution in [0.4, 0.5) is 11.4 Å². The van der Waals surface area contributed by atoms with Crippen molar-refractivity contribution in [2.24, 2.45) is 0 Å². The van der Waals surface area contributed by atoms with Crippen LogP contribution in [0, 0.1) is 20.8 Å². The zero-order chi connectivity index (χ0) is 16.8. The Hall–Kier alpha value is -2.16. The van der Waals surface area contributed by atoms with Gasteiger partial charge in [0.2, 0.25) is 0 Å². The maximum Gasteiger partial charge on any atom is 0.119 e. The number of rotatable bonds is 7. The SMILES string of the molecule is Cc1cc(C)c(NCCNc2ccc(OC(C)C)cc2)c(C)c1. The summed E-state index contributed by atoms with van der Waals surface area (Å²) < 4.78 is 5.65. The van der Waals surface area contributed by atoms with E-state index in [1.807, 2.05) is 26.0 Å². The van der Waals surface area contributed by atoms with Gasteiger partial charge in [-0.15, -0.1) is 0 Å². The van der Waals surface area contributed by atoms with Gasteiger partial charge in [0.15, 0.2) is 0 Å². The molecule has 0 amide bonds. The molecule has 3 heteroatoms. The molecule has 0 saturated heterocycles. The fourth-order valence-corrected chi connectivity index (χ4v) is 2.78. The minimum absolute atomic E-state index is 0.207. The van der Waals surface area contributed by atoms with Crippen LogP contribution in [0.15, 0.2) is 36.4 Å². The summed E-state index contributed by atoms with van der Waals surface area (Å²) in [5, 5.41) is 6.96. The molecule has 2 aromatic rings. The van der Waals surface area contributed by atoms with Gasteiger partial charge >= 0.3 is 0 Å². The molecule has 23 heavy (non-hydrogen) atoms. The Morgan fingerprint density at radius 3 is 2.00 bits per heavy atom. The highest BCUT2D eigenvalue weighted by Crippen LogP contribution is 2.21. The Kier molecular flexibility index (Phi) is 5.91. The molecule has 0 heterocycles. The molecule has 124 valence electrons. The van der Waals surface area contributed by atoms with Crippen molar-refractivity contribution in [3.8, 4) is 5.75 Å². The van der Waals surface area contributed by atoms with E-state index in [4.69, 9.17) is 4.74 Å². The van der Waals surface area contributed by atoms with E-state index in [0.29, 0.717) is 0 Å². The van der Waals surface area contributed by atoms with E-state index in [-0.39, 0.29) is 6.10 Å². The van der Waals surface area contributed by atoms with E-state index in [1.54, 1.807) is 0 Å². The van der Waals surface area contributed by atoms with Gasteiger partial charge in [-0.3, -0.25) is 0 Å². The average Bonchev–Trinajstić information content (AvgIpc) is 2.46. The van der Waals surface area contributed by atoms with Crippen molar-refractivity contribution in [3.05, 3.63) is 53.1 Å². The van der Waals surface area contributed by atoms with Gasteiger partial charge in [0.25, 0.3) is 0 Å². The van der Waals surface area contributed by atoms with Crippen molar-refractivity contribution in [1.82, 2.24) is 0 Å². The Labute approximate surface area is 140 Å². The lowest BCUT2D eigenvalue weighted by molar-refractivity contribution is 0.242. The molecule has 0 aromatic heterocycles. The van der Waals surface area contributed by atoms with Crippen LogP contribution in [-0.4, -0.2) is 19.2 Å². The highest BCUT2D eigenvalue weighted by molar-refractivity contribution is 5.58. The number of aryl methyl sites for hydroxylation is 3. The second-order valence-corrected chi connectivity index (χ2v) is 6.32. The number of benzene rings is 2. The van der Waals surface area contributed by atoms with Crippen LogP contribution in [0.1, 0.15) is 30.5 Å². The van der Waals surface area contributed by atoms with Crippen molar-refractivity contribution in [1.29, 1.82) is 0 Å². The summed E-state index contributed by atoms with van der Waals surface area (Å²) in [6, 6.07) is 12.6. The molecule has 0 aliphatic carbocycles. The molecular formula is C20H28N2O. The number of ether oxygens (including phenoxy) is 1. The van der Waals surface area contributed by atoms with E-state index in [1.165, 1.54) is 22.4 Å². The first-order chi connectivity index (χ1) is 11.0. The van der Waals surface area contributed by atoms with Crippen molar-refractivity contribution in [3.63, 3.8) is 0 Å². The molecule has 0 radical (unpaired) electrons. The molecular weight excluding hydrogens is 284 g/mol. The monoisotopic (exact) mass is 312 g/mol. The first kappa shape index (κ1) is 17.2. The van der Waals surface area contributed by atoms with E-state index >= 15 is 0 Å². The van der Waals surface area contributed by atoms with Crippen LogP contribution in [0.2, 0.25) is 0 Å². The molecule has 2 N–H and O–H groups in total. The Morgan fingerprint density at radius 2 is 1.43 bits per heavy atom. The number of anilines is 2. The molecule has 0 unspecified atom stereocenters. The lowest BCUT2D eigenvalue weighted by Gasteiger charge is -2.15. The van der Waals surface area contributed by atoms with E-state index in [0.717, 1.165) is 24.5 Å². The van der Waals surface area contributed by atoms with Crippen molar-refractivity contribution in [2.45, 2.75) is 40.7 Å². The first-order valence-electron chi connectivity index (χ1n) is 8.28. The topological polar surface area (TPSA) is 33.3 Å². The van der Waals surface area contributed by atoms with E-state index in [9.17, 15) is 0 Å². The van der Waals surface area contributed by atoms with Crippen molar-refractivity contribution in [2.75, 3.05) is 23.7 Å². The fourth-order valence-electron chi connectivity index (χ4n) is 2.78. The zero-order valence-corrected chi connectivity index (χ0v) is 14.9. The van der Waals surface area contributed by atoms with Crippen LogP contribution in [0.5, 0.6) is 5.75 Å². The van der Waals surface area contributed by atoms with Gasteiger partial charge in [-0.05, 0) is 70.0 Å². The van der Waals surface area contributed by atoms with Gasteiger partial charge in [0.1, 0.15) is 5.75 Å². The summed E-state index contributed by atoms with van der Waals surface area (Å²) >= 11 is 0. The summed E-state index contributed by atoms with van der Waals surface area (Å²) in [5.74, 6) is 0.912. The van der Waals surface area contributed by atoms with Crippen LogP contribution in [0.3, 0.4) is 0 Å². The second kappa shape index (κ2) is 7.91. The quantitative estimate of drug-likeness (QED) is 0.712. The maximum absolute atomic E-state index is 5.65. The Balaban J connectivity index is 1.82. The third-order valence-electron chi connectivity index (χ3n) is 3.66. The molecule has 0 aliphatic heterocycles. The summed E-state index contributed by atoms with van der Waals surface area (Å²) in [6.07, 6.45) is 0.207. The molecule has 0 aliphatic rings. The lowest BCUT2D eigenvalue weighted by Crippen LogP contribution is -2.15. The van der Waals surface area contributed by atoms with Gasteiger partial charge in [0, 0.05) is 24.5 Å². The van der Waals surface area contributed by atoms with Crippen LogP contribution >= 0.6 is 0 Å². The molecule has 2 aromatic carbocycles. The second-order valence-electron chi connectivity index (χ2n) is 6.32. The minimum atomic E-state index is 0.207. The molecule has 0 bridgehead atoms. The Morgan fingerprint density at radius 1 is 0.870 bits per heavy atom. The molecule has 0 fully saturated rings. The summed E-state index contributed by atoms with van der Waals surface area (Å²) in [4.78, 5) is 0. The van der Waals surface area contributed by atoms with Gasteiger partial charge in [-0.2, -0.15) is 0 Å². The van der Waals surface area contributed by atoms with Gasteiger partial charge in [-0.25, -0.2) is 0 Å². The third kappa shape index (κ3) is 5.20. The molecule has 0 saturated carbocycles. The van der Waals surface area contributed by atoms with Gasteiger partial charge in [0.05, 0.1) is 6.10 Å². The van der Waals surface area contributed by atoms with Crippen LogP contribution < -0.4 is 15.4 Å². The largest absolute Gasteiger partial charge is 0.491 e. The molecule has 0 atom stereocenters. The molecule has 3 nitrogen and oxygen atoms in total. The van der Waals surface area contributed by atoms with Crippen molar-refractivity contribution < 1.29 is 4.74 Å². The highest BCUT2D eigenvalue weighted by Gasteiger charge is 2.03. The lowest BCUT2D eigenvalue weighted by atomic mass is 10.1. The molecule has 2 rings (SSSR count). The maximum atomic E-state index is 5.65. The molecule has 0 spiro atoms. The van der Waals surface area contributed by atoms with E-state index < -0.39 is 0 Å². The fraction of sp³-hybridized carbons (Fsp3) is 0.400. The number of nitrogens with one attached hydrogen (secondary N) is 2.